The fourth-order valence-corrected chi connectivity index (χ4v) is 3.13. The number of methoxy groups -OCH3 is 1. The number of benzene rings is 1. The molecule has 1 unspecified atom stereocenters. The Bertz CT molecular complexity index is 538. The van der Waals surface area contributed by atoms with Crippen LogP contribution >= 0.6 is 23.4 Å². The number of amides is 2. The average molecular weight is 315 g/mol. The van der Waals surface area contributed by atoms with Gasteiger partial charge >= 0.3 is 0 Å². The fraction of sp³-hybridized carbons (Fsp3) is 0.385. The second kappa shape index (κ2) is 6.47. The van der Waals surface area contributed by atoms with Gasteiger partial charge in [0.2, 0.25) is 11.8 Å². The SMILES string of the molecule is COc1ccc(Cl)cc1N1C(=O)CC(SCCN)C1=O. The van der Waals surface area contributed by atoms with Gasteiger partial charge in [-0.2, -0.15) is 0 Å². The number of imide groups is 1. The summed E-state index contributed by atoms with van der Waals surface area (Å²) in [7, 11) is 1.48. The Morgan fingerprint density at radius 1 is 1.50 bits per heavy atom. The number of ether oxygens (including phenoxy) is 1. The minimum Gasteiger partial charge on any atom is -0.495 e. The highest BCUT2D eigenvalue weighted by Gasteiger charge is 2.40. The van der Waals surface area contributed by atoms with Gasteiger partial charge in [-0.15, -0.1) is 11.8 Å². The van der Waals surface area contributed by atoms with Crippen LogP contribution in [0.2, 0.25) is 5.02 Å². The minimum atomic E-state index is -0.380. The molecule has 1 aromatic carbocycles. The summed E-state index contributed by atoms with van der Waals surface area (Å²) in [4.78, 5) is 25.6. The van der Waals surface area contributed by atoms with Crippen LogP contribution in [0.5, 0.6) is 5.75 Å². The summed E-state index contributed by atoms with van der Waals surface area (Å²) in [5.41, 5.74) is 5.82. The van der Waals surface area contributed by atoms with E-state index in [1.807, 2.05) is 0 Å². The van der Waals surface area contributed by atoms with Crippen LogP contribution in [-0.2, 0) is 9.59 Å². The summed E-state index contributed by atoms with van der Waals surface area (Å²) in [6.07, 6.45) is 0.180. The summed E-state index contributed by atoms with van der Waals surface area (Å²) in [5, 5.41) is 0.0641. The van der Waals surface area contributed by atoms with Crippen molar-refractivity contribution < 1.29 is 14.3 Å². The molecule has 7 heteroatoms. The standard InChI is InChI=1S/C13H15ClN2O3S/c1-19-10-3-2-8(14)6-9(10)16-12(17)7-11(13(16)18)20-5-4-15/h2-3,6,11H,4-5,7,15H2,1H3. The van der Waals surface area contributed by atoms with E-state index in [1.54, 1.807) is 18.2 Å². The largest absolute Gasteiger partial charge is 0.495 e. The molecule has 1 saturated heterocycles. The van der Waals surface area contributed by atoms with Crippen molar-refractivity contribution in [3.8, 4) is 5.75 Å². The van der Waals surface area contributed by atoms with Gasteiger partial charge in [-0.1, -0.05) is 11.6 Å². The van der Waals surface area contributed by atoms with Crippen LogP contribution in [0.25, 0.3) is 0 Å². The highest BCUT2D eigenvalue weighted by Crippen LogP contribution is 2.36. The van der Waals surface area contributed by atoms with Crippen molar-refractivity contribution in [1.29, 1.82) is 0 Å². The molecule has 1 heterocycles. The first kappa shape index (κ1) is 15.2. The highest BCUT2D eigenvalue weighted by atomic mass is 35.5. The van der Waals surface area contributed by atoms with Crippen LogP contribution in [-0.4, -0.2) is 36.5 Å². The smallest absolute Gasteiger partial charge is 0.247 e. The van der Waals surface area contributed by atoms with E-state index >= 15 is 0 Å². The van der Waals surface area contributed by atoms with Crippen molar-refractivity contribution in [2.24, 2.45) is 5.73 Å². The van der Waals surface area contributed by atoms with E-state index < -0.39 is 0 Å². The van der Waals surface area contributed by atoms with E-state index in [1.165, 1.54) is 18.9 Å². The van der Waals surface area contributed by atoms with Gasteiger partial charge < -0.3 is 10.5 Å². The van der Waals surface area contributed by atoms with Gasteiger partial charge in [0.05, 0.1) is 18.0 Å². The van der Waals surface area contributed by atoms with Gasteiger partial charge in [0.15, 0.2) is 0 Å². The number of carbonyl (C=O) groups is 2. The third-order valence-corrected chi connectivity index (χ3v) is 4.40. The third kappa shape index (κ3) is 2.92. The van der Waals surface area contributed by atoms with Crippen molar-refractivity contribution in [2.75, 3.05) is 24.3 Å². The number of thioether (sulfide) groups is 1. The molecule has 5 nitrogen and oxygen atoms in total. The van der Waals surface area contributed by atoms with Crippen molar-refractivity contribution in [2.45, 2.75) is 11.7 Å². The van der Waals surface area contributed by atoms with Crippen LogP contribution in [0.4, 0.5) is 5.69 Å². The maximum atomic E-state index is 12.3. The Balaban J connectivity index is 2.30. The molecule has 1 fully saturated rings. The predicted octanol–water partition coefficient (Wildman–Crippen LogP) is 1.67. The molecule has 2 N–H and O–H groups in total. The van der Waals surface area contributed by atoms with Crippen LogP contribution in [0.15, 0.2) is 18.2 Å². The van der Waals surface area contributed by atoms with E-state index in [2.05, 4.69) is 0 Å². The molecule has 20 heavy (non-hydrogen) atoms. The molecule has 2 amide bonds. The van der Waals surface area contributed by atoms with Crippen molar-refractivity contribution in [3.05, 3.63) is 23.2 Å². The molecule has 2 rings (SSSR count). The number of anilines is 1. The molecular formula is C13H15ClN2O3S. The number of halogens is 1. The highest BCUT2D eigenvalue weighted by molar-refractivity contribution is 8.00. The van der Waals surface area contributed by atoms with Crippen LogP contribution < -0.4 is 15.4 Å². The molecule has 0 aromatic heterocycles. The van der Waals surface area contributed by atoms with Crippen molar-refractivity contribution in [1.82, 2.24) is 0 Å². The second-order valence-electron chi connectivity index (χ2n) is 4.24. The molecule has 0 radical (unpaired) electrons. The van der Waals surface area contributed by atoms with Crippen LogP contribution in [0.1, 0.15) is 6.42 Å². The topological polar surface area (TPSA) is 72.6 Å². The monoisotopic (exact) mass is 314 g/mol. The van der Waals surface area contributed by atoms with Gasteiger partial charge in [0.1, 0.15) is 5.75 Å². The van der Waals surface area contributed by atoms with Crippen LogP contribution in [0.3, 0.4) is 0 Å². The third-order valence-electron chi connectivity index (χ3n) is 2.92. The molecular weight excluding hydrogens is 300 g/mol. The normalized spacial score (nSPS) is 18.8. The lowest BCUT2D eigenvalue weighted by Crippen LogP contribution is -2.31. The number of hydrogen-bond donors (Lipinski definition) is 1. The number of nitrogens with two attached hydrogens (primary N) is 1. The van der Waals surface area contributed by atoms with Gasteiger partial charge in [0.25, 0.3) is 0 Å². The molecule has 0 spiro atoms. The molecule has 1 atom stereocenters. The molecule has 0 aliphatic carbocycles. The van der Waals surface area contributed by atoms with Crippen LogP contribution in [0, 0.1) is 0 Å². The van der Waals surface area contributed by atoms with E-state index in [0.717, 1.165) is 4.90 Å². The summed E-state index contributed by atoms with van der Waals surface area (Å²) in [6.45, 7) is 0.475. The number of carbonyl (C=O) groups excluding carboxylic acids is 2. The Kier molecular flexibility index (Phi) is 4.91. The fourth-order valence-electron chi connectivity index (χ4n) is 2.04. The van der Waals surface area contributed by atoms with Crippen molar-refractivity contribution >= 4 is 40.9 Å². The van der Waals surface area contributed by atoms with Gasteiger partial charge in [-0.3, -0.25) is 9.59 Å². The summed E-state index contributed by atoms with van der Waals surface area (Å²) < 4.78 is 5.19. The lowest BCUT2D eigenvalue weighted by atomic mass is 10.2. The lowest BCUT2D eigenvalue weighted by molar-refractivity contribution is -0.121. The zero-order valence-corrected chi connectivity index (χ0v) is 12.5. The first-order valence-corrected chi connectivity index (χ1v) is 7.53. The van der Waals surface area contributed by atoms with E-state index in [4.69, 9.17) is 22.1 Å². The lowest BCUT2D eigenvalue weighted by Gasteiger charge is -2.18. The first-order valence-electron chi connectivity index (χ1n) is 6.10. The quantitative estimate of drug-likeness (QED) is 0.837. The zero-order chi connectivity index (χ0) is 14.7. The van der Waals surface area contributed by atoms with E-state index in [0.29, 0.717) is 28.8 Å². The molecule has 1 aliphatic heterocycles. The summed E-state index contributed by atoms with van der Waals surface area (Å²) >= 11 is 7.34. The number of nitrogens with zero attached hydrogens (tertiary/aromatic N) is 1. The molecule has 1 aliphatic rings. The minimum absolute atomic E-state index is 0.180. The Morgan fingerprint density at radius 2 is 2.25 bits per heavy atom. The van der Waals surface area contributed by atoms with Gasteiger partial charge in [0, 0.05) is 23.7 Å². The van der Waals surface area contributed by atoms with E-state index in [-0.39, 0.29) is 23.5 Å². The predicted molar refractivity (Wildman–Crippen MR) is 80.4 cm³/mol. The number of hydrogen-bond acceptors (Lipinski definition) is 5. The molecule has 0 saturated carbocycles. The summed E-state index contributed by atoms with van der Waals surface area (Å²) in [6, 6.07) is 4.85. The molecule has 108 valence electrons. The maximum Gasteiger partial charge on any atom is 0.247 e. The zero-order valence-electron chi connectivity index (χ0n) is 11.0. The first-order chi connectivity index (χ1) is 9.58. The molecule has 0 bridgehead atoms. The average Bonchev–Trinajstić information content (AvgIpc) is 2.71. The Hall–Kier alpha value is -1.24. The van der Waals surface area contributed by atoms with Gasteiger partial charge in [-0.25, -0.2) is 4.90 Å². The maximum absolute atomic E-state index is 12.3. The Morgan fingerprint density at radius 3 is 2.90 bits per heavy atom. The second-order valence-corrected chi connectivity index (χ2v) is 5.98. The van der Waals surface area contributed by atoms with Crippen molar-refractivity contribution in [3.63, 3.8) is 0 Å². The van der Waals surface area contributed by atoms with E-state index in [9.17, 15) is 9.59 Å². The number of rotatable bonds is 5. The molecule has 1 aromatic rings. The Labute approximate surface area is 126 Å². The summed E-state index contributed by atoms with van der Waals surface area (Å²) in [5.74, 6) is 0.601. The van der Waals surface area contributed by atoms with Gasteiger partial charge in [-0.05, 0) is 18.2 Å².